The molecule has 11 heteroatoms. The number of hydrogen-bond donors (Lipinski definition) is 1. The molecule has 1 unspecified atom stereocenters. The van der Waals surface area contributed by atoms with Gasteiger partial charge in [-0.3, -0.25) is 19.4 Å². The molecular formula is C22H22FN5O5. The fourth-order valence-electron chi connectivity index (χ4n) is 4.09. The summed E-state index contributed by atoms with van der Waals surface area (Å²) >= 11 is 0. The molecule has 1 saturated heterocycles. The molecule has 10 nitrogen and oxygen atoms in total. The van der Waals surface area contributed by atoms with Crippen LogP contribution in [0.4, 0.5) is 15.9 Å². The Hall–Kier alpha value is -3.82. The number of nitrogens with zero attached hydrogens (tertiary/aromatic N) is 4. The van der Waals surface area contributed by atoms with Gasteiger partial charge in [-0.15, -0.1) is 0 Å². The maximum Gasteiger partial charge on any atom is 0.228 e. The Labute approximate surface area is 188 Å². The third-order valence-electron chi connectivity index (χ3n) is 5.58. The van der Waals surface area contributed by atoms with Crippen LogP contribution in [0.3, 0.4) is 0 Å². The predicted octanol–water partition coefficient (Wildman–Crippen LogP) is 0.825. The summed E-state index contributed by atoms with van der Waals surface area (Å²) in [5.41, 5.74) is 0.562. The molecule has 0 saturated carbocycles. The van der Waals surface area contributed by atoms with Crippen molar-refractivity contribution in [3.05, 3.63) is 35.3 Å². The lowest BCUT2D eigenvalue weighted by Gasteiger charge is -2.41. The van der Waals surface area contributed by atoms with Crippen LogP contribution in [0.1, 0.15) is 24.2 Å². The number of halogens is 1. The van der Waals surface area contributed by atoms with Gasteiger partial charge in [0.05, 0.1) is 22.8 Å². The average Bonchev–Trinajstić information content (AvgIpc) is 2.76. The summed E-state index contributed by atoms with van der Waals surface area (Å²) in [4.78, 5) is 53.8. The van der Waals surface area contributed by atoms with Crippen molar-refractivity contribution in [2.45, 2.75) is 26.0 Å². The molecule has 4 rings (SSSR count). The van der Waals surface area contributed by atoms with Gasteiger partial charge in [-0.05, 0) is 25.1 Å². The average molecular weight is 455 g/mol. The minimum Gasteiger partial charge on any atom is -0.365 e. The maximum atomic E-state index is 14.9. The van der Waals surface area contributed by atoms with Crippen LogP contribution in [0, 0.1) is 5.82 Å². The normalized spacial score (nSPS) is 18.0. The summed E-state index contributed by atoms with van der Waals surface area (Å²) in [5, 5.41) is 5.40. The van der Waals surface area contributed by atoms with Crippen molar-refractivity contribution in [3.8, 4) is 0 Å². The Morgan fingerprint density at radius 1 is 1.39 bits per heavy atom. The van der Waals surface area contributed by atoms with E-state index in [-0.39, 0.29) is 35.6 Å². The molecule has 1 aromatic heterocycles. The third kappa shape index (κ3) is 3.81. The van der Waals surface area contributed by atoms with Gasteiger partial charge >= 0.3 is 0 Å². The Kier molecular flexibility index (Phi) is 5.84. The van der Waals surface area contributed by atoms with E-state index >= 15 is 0 Å². The molecular weight excluding hydrogens is 433 g/mol. The number of fused-ring (bicyclic) bond motifs is 2. The summed E-state index contributed by atoms with van der Waals surface area (Å²) in [6.07, 6.45) is -0.804. The van der Waals surface area contributed by atoms with Crippen molar-refractivity contribution in [3.63, 3.8) is 0 Å². The molecule has 1 fully saturated rings. The molecule has 1 atom stereocenters. The number of pyridine rings is 1. The second-order valence-electron chi connectivity index (χ2n) is 7.84. The van der Waals surface area contributed by atoms with Gasteiger partial charge in [0.15, 0.2) is 23.6 Å². The number of rotatable bonds is 6. The molecule has 172 valence electrons. The number of anilines is 2. The Morgan fingerprint density at radius 3 is 2.73 bits per heavy atom. The highest BCUT2D eigenvalue weighted by Gasteiger charge is 2.41. The van der Waals surface area contributed by atoms with E-state index in [9.17, 15) is 23.6 Å². The minimum atomic E-state index is -1.27. The SMILES string of the molecule is CCOC1C(=O)c2cc3cc(F)c(N4CC(NC(C)=O)C4)cc3nc2N(N(C)C=O)C1=C=O. The van der Waals surface area contributed by atoms with E-state index in [1.165, 1.54) is 37.2 Å². The number of benzene rings is 1. The highest BCUT2D eigenvalue weighted by atomic mass is 19.1. The molecule has 1 aromatic carbocycles. The van der Waals surface area contributed by atoms with Crippen LogP contribution in [-0.2, 0) is 19.1 Å². The van der Waals surface area contributed by atoms with Gasteiger partial charge in [-0.2, -0.15) is 0 Å². The van der Waals surface area contributed by atoms with E-state index in [1.54, 1.807) is 17.8 Å². The first kappa shape index (κ1) is 22.4. The van der Waals surface area contributed by atoms with Gasteiger partial charge in [-0.1, -0.05) is 0 Å². The van der Waals surface area contributed by atoms with Gasteiger partial charge in [0.2, 0.25) is 18.1 Å². The number of Topliss-reactive ketones (excluding diaryl/α,β-unsaturated/α-hetero) is 1. The van der Waals surface area contributed by atoms with Crippen molar-refractivity contribution >= 4 is 46.5 Å². The van der Waals surface area contributed by atoms with Crippen LogP contribution >= 0.6 is 0 Å². The molecule has 33 heavy (non-hydrogen) atoms. The van der Waals surface area contributed by atoms with Gasteiger partial charge < -0.3 is 15.0 Å². The molecule has 0 bridgehead atoms. The first-order valence-electron chi connectivity index (χ1n) is 10.3. The summed E-state index contributed by atoms with van der Waals surface area (Å²) < 4.78 is 20.4. The Bertz CT molecular complexity index is 1210. The first-order valence-corrected chi connectivity index (χ1v) is 10.3. The highest BCUT2D eigenvalue weighted by molar-refractivity contribution is 6.11. The topological polar surface area (TPSA) is 112 Å². The summed E-state index contributed by atoms with van der Waals surface area (Å²) in [5.74, 6) is 0.579. The zero-order chi connectivity index (χ0) is 23.9. The van der Waals surface area contributed by atoms with Crippen molar-refractivity contribution < 1.29 is 28.3 Å². The molecule has 2 amide bonds. The van der Waals surface area contributed by atoms with E-state index in [0.717, 1.165) is 5.01 Å². The number of carbonyl (C=O) groups excluding carboxylic acids is 4. The fourth-order valence-corrected chi connectivity index (χ4v) is 4.09. The zero-order valence-electron chi connectivity index (χ0n) is 18.3. The number of hydrazine groups is 1. The quantitative estimate of drug-likeness (QED) is 0.504. The van der Waals surface area contributed by atoms with Crippen LogP contribution in [0.15, 0.2) is 23.9 Å². The first-order chi connectivity index (χ1) is 15.8. The van der Waals surface area contributed by atoms with E-state index in [4.69, 9.17) is 4.74 Å². The monoisotopic (exact) mass is 455 g/mol. The van der Waals surface area contributed by atoms with Crippen molar-refractivity contribution in [2.24, 2.45) is 0 Å². The van der Waals surface area contributed by atoms with Crippen LogP contribution in [-0.4, -0.2) is 72.9 Å². The number of hydrogen-bond acceptors (Lipinski definition) is 8. The lowest BCUT2D eigenvalue weighted by molar-refractivity contribution is -0.120. The van der Waals surface area contributed by atoms with Crippen LogP contribution in [0.2, 0.25) is 0 Å². The highest BCUT2D eigenvalue weighted by Crippen LogP contribution is 2.36. The fraction of sp³-hybridized carbons (Fsp3) is 0.364. The van der Waals surface area contributed by atoms with Crippen LogP contribution in [0.25, 0.3) is 10.9 Å². The van der Waals surface area contributed by atoms with Gasteiger partial charge in [0.1, 0.15) is 5.82 Å². The molecule has 1 N–H and O–H groups in total. The number of ether oxygens (including phenoxy) is 1. The Balaban J connectivity index is 1.80. The van der Waals surface area contributed by atoms with Gasteiger partial charge in [0, 0.05) is 39.1 Å². The summed E-state index contributed by atoms with van der Waals surface area (Å²) in [7, 11) is 1.40. The molecule has 3 heterocycles. The lowest BCUT2D eigenvalue weighted by atomic mass is 9.97. The van der Waals surface area contributed by atoms with Crippen LogP contribution in [0.5, 0.6) is 0 Å². The zero-order valence-corrected chi connectivity index (χ0v) is 18.3. The molecule has 2 aromatic rings. The maximum absolute atomic E-state index is 14.9. The number of ketones is 1. The van der Waals surface area contributed by atoms with Crippen LogP contribution < -0.4 is 15.2 Å². The van der Waals surface area contributed by atoms with E-state index in [0.29, 0.717) is 36.1 Å². The minimum absolute atomic E-state index is 0.0497. The van der Waals surface area contributed by atoms with E-state index in [2.05, 4.69) is 10.3 Å². The Morgan fingerprint density at radius 2 is 2.12 bits per heavy atom. The largest absolute Gasteiger partial charge is 0.365 e. The molecule has 0 radical (unpaired) electrons. The number of carbonyl (C=O) groups is 3. The predicted molar refractivity (Wildman–Crippen MR) is 117 cm³/mol. The molecule has 0 spiro atoms. The van der Waals surface area contributed by atoms with Crippen molar-refractivity contribution in [2.75, 3.05) is 36.7 Å². The van der Waals surface area contributed by atoms with Crippen molar-refractivity contribution in [1.29, 1.82) is 0 Å². The summed E-state index contributed by atoms with van der Waals surface area (Å²) in [6.45, 7) is 4.12. The van der Waals surface area contributed by atoms with E-state index in [1.807, 2.05) is 0 Å². The number of nitrogens with one attached hydrogen (secondary N) is 1. The summed E-state index contributed by atoms with van der Waals surface area (Å²) in [6, 6.07) is 4.23. The number of aromatic nitrogens is 1. The smallest absolute Gasteiger partial charge is 0.228 e. The second kappa shape index (κ2) is 8.61. The molecule has 0 aliphatic carbocycles. The van der Waals surface area contributed by atoms with E-state index < -0.39 is 17.7 Å². The standard InChI is InChI=1S/C22H22FN5O5/c1-4-33-21-19(10-29)28(26(3)11-30)22-15(20(21)32)5-13-6-16(23)18(7-17(13)25-22)27-8-14(9-27)24-12(2)31/h5-7,11,14,21H,4,8-9H2,1-3H3,(H,24,31). The molecule has 2 aliphatic rings. The van der Waals surface area contributed by atoms with Gasteiger partial charge in [0.25, 0.3) is 0 Å². The van der Waals surface area contributed by atoms with Gasteiger partial charge in [-0.25, -0.2) is 19.2 Å². The lowest BCUT2D eigenvalue weighted by Crippen LogP contribution is -2.59. The number of amides is 2. The molecule has 2 aliphatic heterocycles. The second-order valence-corrected chi connectivity index (χ2v) is 7.84. The third-order valence-corrected chi connectivity index (χ3v) is 5.58. The van der Waals surface area contributed by atoms with Crippen molar-refractivity contribution in [1.82, 2.24) is 15.3 Å².